The second-order valence-electron chi connectivity index (χ2n) is 8.00. The number of amides is 1. The van der Waals surface area contributed by atoms with Crippen LogP contribution in [0, 0.1) is 0 Å². The average molecular weight is 469 g/mol. The molecule has 174 valence electrons. The van der Waals surface area contributed by atoms with Crippen LogP contribution in [0.4, 0.5) is 5.69 Å². The molecule has 4 rings (SSSR count). The monoisotopic (exact) mass is 468 g/mol. The summed E-state index contributed by atoms with van der Waals surface area (Å²) in [5, 5.41) is 9.81. The van der Waals surface area contributed by atoms with Gasteiger partial charge < -0.3 is 10.1 Å². The van der Waals surface area contributed by atoms with E-state index in [9.17, 15) is 13.2 Å². The number of aryl methyl sites for hydroxylation is 1. The molecule has 0 saturated carbocycles. The first kappa shape index (κ1) is 23.0. The molecule has 33 heavy (non-hydrogen) atoms. The number of carbonyl (C=O) groups excluding carboxylic acids is 1. The number of nitrogens with one attached hydrogen (secondary N) is 2. The van der Waals surface area contributed by atoms with Gasteiger partial charge in [-0.05, 0) is 61.2 Å². The highest BCUT2D eigenvalue weighted by Crippen LogP contribution is 2.32. The Balaban J connectivity index is 1.58. The number of hydrogen-bond acceptors (Lipinski definition) is 5. The van der Waals surface area contributed by atoms with E-state index in [1.165, 1.54) is 17.0 Å². The van der Waals surface area contributed by atoms with Gasteiger partial charge in [0, 0.05) is 24.3 Å². The maximum absolute atomic E-state index is 13.3. The minimum absolute atomic E-state index is 0.106. The number of nitrogens with zero attached hydrogens (tertiary/aromatic N) is 2. The molecule has 1 aliphatic rings. The van der Waals surface area contributed by atoms with Crippen molar-refractivity contribution in [3.63, 3.8) is 0 Å². The van der Waals surface area contributed by atoms with Crippen molar-refractivity contribution >= 4 is 21.6 Å². The number of anilines is 1. The van der Waals surface area contributed by atoms with Crippen molar-refractivity contribution in [3.05, 3.63) is 59.8 Å². The molecule has 1 aromatic heterocycles. The van der Waals surface area contributed by atoms with Crippen molar-refractivity contribution in [1.29, 1.82) is 0 Å². The van der Waals surface area contributed by atoms with E-state index in [-0.39, 0.29) is 22.2 Å². The van der Waals surface area contributed by atoms with E-state index < -0.39 is 10.0 Å². The van der Waals surface area contributed by atoms with Crippen molar-refractivity contribution in [2.24, 2.45) is 0 Å². The van der Waals surface area contributed by atoms with Gasteiger partial charge in [-0.3, -0.25) is 9.89 Å². The number of methoxy groups -OCH3 is 1. The third kappa shape index (κ3) is 4.94. The number of carbonyl (C=O) groups is 1. The minimum Gasteiger partial charge on any atom is -0.495 e. The molecular weight excluding hydrogens is 440 g/mol. The zero-order valence-corrected chi connectivity index (χ0v) is 19.6. The number of piperidine rings is 1. The lowest BCUT2D eigenvalue weighted by molar-refractivity contribution is 0.102. The summed E-state index contributed by atoms with van der Waals surface area (Å²) < 4.78 is 33.4. The smallest absolute Gasteiger partial charge is 0.273 e. The molecule has 0 radical (unpaired) electrons. The minimum atomic E-state index is -3.70. The largest absolute Gasteiger partial charge is 0.495 e. The van der Waals surface area contributed by atoms with Crippen LogP contribution in [0.3, 0.4) is 0 Å². The van der Waals surface area contributed by atoms with Crippen molar-refractivity contribution in [1.82, 2.24) is 14.5 Å². The van der Waals surface area contributed by atoms with Crippen LogP contribution in [0.5, 0.6) is 5.75 Å². The van der Waals surface area contributed by atoms with Gasteiger partial charge in [-0.1, -0.05) is 25.5 Å². The molecule has 1 aliphatic heterocycles. The fourth-order valence-electron chi connectivity index (χ4n) is 3.89. The number of H-pyrrole nitrogens is 1. The maximum Gasteiger partial charge on any atom is 0.273 e. The molecule has 1 amide bonds. The Bertz CT molecular complexity index is 1230. The highest BCUT2D eigenvalue weighted by atomic mass is 32.2. The lowest BCUT2D eigenvalue weighted by Crippen LogP contribution is -2.35. The van der Waals surface area contributed by atoms with Gasteiger partial charge in [0.2, 0.25) is 10.0 Å². The van der Waals surface area contributed by atoms with E-state index >= 15 is 0 Å². The zero-order valence-electron chi connectivity index (χ0n) is 18.8. The number of benzene rings is 2. The van der Waals surface area contributed by atoms with Crippen molar-refractivity contribution in [3.8, 4) is 17.0 Å². The van der Waals surface area contributed by atoms with Crippen LogP contribution in [0.25, 0.3) is 11.3 Å². The van der Waals surface area contributed by atoms with E-state index in [0.717, 1.165) is 25.7 Å². The fraction of sp³-hybridized carbons (Fsp3) is 0.333. The Morgan fingerprint density at radius 2 is 1.82 bits per heavy atom. The SMILES string of the molecule is CCc1ccc(NC(=O)c2cc(-c3ccc(OC)c(S(=O)(=O)N4CCCCC4)c3)n[nH]2)cc1. The zero-order chi connectivity index (χ0) is 23.4. The normalized spacial score (nSPS) is 14.7. The van der Waals surface area contributed by atoms with Gasteiger partial charge >= 0.3 is 0 Å². The third-order valence-corrected chi connectivity index (χ3v) is 7.75. The van der Waals surface area contributed by atoms with Crippen LogP contribution in [0.1, 0.15) is 42.2 Å². The van der Waals surface area contributed by atoms with Crippen LogP contribution in [0.2, 0.25) is 0 Å². The van der Waals surface area contributed by atoms with Gasteiger partial charge in [0.1, 0.15) is 16.3 Å². The molecule has 2 heterocycles. The van der Waals surface area contributed by atoms with Gasteiger partial charge in [-0.2, -0.15) is 9.40 Å². The van der Waals surface area contributed by atoms with Crippen LogP contribution in [-0.4, -0.2) is 49.0 Å². The second-order valence-corrected chi connectivity index (χ2v) is 9.91. The van der Waals surface area contributed by atoms with E-state index in [1.54, 1.807) is 24.3 Å². The number of ether oxygens (including phenoxy) is 1. The Morgan fingerprint density at radius 1 is 1.09 bits per heavy atom. The van der Waals surface area contributed by atoms with Gasteiger partial charge in [0.05, 0.1) is 12.8 Å². The quantitative estimate of drug-likeness (QED) is 0.544. The maximum atomic E-state index is 13.3. The molecule has 0 atom stereocenters. The van der Waals surface area contributed by atoms with E-state index in [0.29, 0.717) is 30.0 Å². The summed E-state index contributed by atoms with van der Waals surface area (Å²) >= 11 is 0. The molecule has 2 aromatic carbocycles. The first-order chi connectivity index (χ1) is 15.9. The van der Waals surface area contributed by atoms with Crippen molar-refractivity contribution < 1.29 is 17.9 Å². The van der Waals surface area contributed by atoms with Gasteiger partial charge in [0.15, 0.2) is 0 Å². The third-order valence-electron chi connectivity index (χ3n) is 5.83. The first-order valence-corrected chi connectivity index (χ1v) is 12.5. The second kappa shape index (κ2) is 9.76. The van der Waals surface area contributed by atoms with Crippen LogP contribution in [-0.2, 0) is 16.4 Å². The fourth-order valence-corrected chi connectivity index (χ4v) is 5.59. The highest BCUT2D eigenvalue weighted by molar-refractivity contribution is 7.89. The van der Waals surface area contributed by atoms with Gasteiger partial charge in [-0.25, -0.2) is 8.42 Å². The Labute approximate surface area is 194 Å². The molecule has 3 aromatic rings. The lowest BCUT2D eigenvalue weighted by Gasteiger charge is -2.26. The Kier molecular flexibility index (Phi) is 6.80. The van der Waals surface area contributed by atoms with Gasteiger partial charge in [-0.15, -0.1) is 0 Å². The Morgan fingerprint density at radius 3 is 2.48 bits per heavy atom. The van der Waals surface area contributed by atoms with Gasteiger partial charge in [0.25, 0.3) is 5.91 Å². The predicted molar refractivity (Wildman–Crippen MR) is 127 cm³/mol. The van der Waals surface area contributed by atoms with E-state index in [2.05, 4.69) is 22.4 Å². The summed E-state index contributed by atoms with van der Waals surface area (Å²) in [7, 11) is -2.25. The Hall–Kier alpha value is -3.17. The molecule has 9 heteroatoms. The highest BCUT2D eigenvalue weighted by Gasteiger charge is 2.29. The molecule has 0 spiro atoms. The van der Waals surface area contributed by atoms with Crippen molar-refractivity contribution in [2.45, 2.75) is 37.5 Å². The first-order valence-electron chi connectivity index (χ1n) is 11.1. The van der Waals surface area contributed by atoms with Crippen molar-refractivity contribution in [2.75, 3.05) is 25.5 Å². The topological polar surface area (TPSA) is 104 Å². The summed E-state index contributed by atoms with van der Waals surface area (Å²) in [6.07, 6.45) is 3.65. The molecule has 1 fully saturated rings. The molecular formula is C24H28N4O4S. The molecule has 1 saturated heterocycles. The summed E-state index contributed by atoms with van der Waals surface area (Å²) in [5.74, 6) is -0.0407. The molecule has 0 bridgehead atoms. The predicted octanol–water partition coefficient (Wildman–Crippen LogP) is 4.07. The number of sulfonamides is 1. The number of aromatic amines is 1. The van der Waals surface area contributed by atoms with Crippen LogP contribution < -0.4 is 10.1 Å². The summed E-state index contributed by atoms with van der Waals surface area (Å²) in [5.41, 5.74) is 3.20. The summed E-state index contributed by atoms with van der Waals surface area (Å²) in [4.78, 5) is 12.7. The van der Waals surface area contributed by atoms with Crippen LogP contribution in [0.15, 0.2) is 53.4 Å². The molecule has 8 nitrogen and oxygen atoms in total. The molecule has 0 unspecified atom stereocenters. The van der Waals surface area contributed by atoms with E-state index in [1.807, 2.05) is 24.3 Å². The van der Waals surface area contributed by atoms with E-state index in [4.69, 9.17) is 4.74 Å². The summed E-state index contributed by atoms with van der Waals surface area (Å²) in [6, 6.07) is 14.2. The summed E-state index contributed by atoms with van der Waals surface area (Å²) in [6.45, 7) is 3.07. The van der Waals surface area contributed by atoms with Crippen LogP contribution >= 0.6 is 0 Å². The lowest BCUT2D eigenvalue weighted by atomic mass is 10.1. The number of hydrogen-bond donors (Lipinski definition) is 2. The number of rotatable bonds is 7. The molecule has 2 N–H and O–H groups in total. The standard InChI is InChI=1S/C24H28N4O4S/c1-3-17-7-10-19(11-8-17)25-24(29)21-16-20(26-27-21)18-9-12-22(32-2)23(15-18)33(30,31)28-13-5-4-6-14-28/h7-12,15-16H,3-6,13-14H2,1-2H3,(H,25,29)(H,26,27). The molecule has 0 aliphatic carbocycles. The average Bonchev–Trinajstić information content (AvgIpc) is 3.35. The number of aromatic nitrogens is 2.